The van der Waals surface area contributed by atoms with E-state index in [1.54, 1.807) is 0 Å². The third-order valence-electron chi connectivity index (χ3n) is 3.14. The van der Waals surface area contributed by atoms with E-state index in [-0.39, 0.29) is 29.2 Å². The lowest BCUT2D eigenvalue weighted by Crippen LogP contribution is -2.46. The molecule has 8 nitrogen and oxygen atoms in total. The zero-order valence-corrected chi connectivity index (χ0v) is 13.2. The SMILES string of the molecule is O=C(Cc1c(F)cccc1Cl)N[C@@H](CO)CNC(=O)c1cn[nH]n1. The van der Waals surface area contributed by atoms with Crippen LogP contribution in [0, 0.1) is 5.82 Å². The Labute approximate surface area is 141 Å². The fraction of sp³-hybridized carbons (Fsp3) is 0.286. The first-order valence-electron chi connectivity index (χ1n) is 6.98. The van der Waals surface area contributed by atoms with Gasteiger partial charge in [0.1, 0.15) is 5.82 Å². The number of hydrogen-bond acceptors (Lipinski definition) is 5. The Kier molecular flexibility index (Phi) is 6.21. The highest BCUT2D eigenvalue weighted by Gasteiger charge is 2.17. The molecule has 0 aliphatic rings. The van der Waals surface area contributed by atoms with E-state index in [4.69, 9.17) is 11.6 Å². The number of nitrogens with zero attached hydrogens (tertiary/aromatic N) is 2. The normalized spacial score (nSPS) is 11.8. The van der Waals surface area contributed by atoms with Crippen molar-refractivity contribution < 1.29 is 19.1 Å². The summed E-state index contributed by atoms with van der Waals surface area (Å²) in [4.78, 5) is 23.7. The molecule has 1 aromatic heterocycles. The Bertz CT molecular complexity index is 690. The summed E-state index contributed by atoms with van der Waals surface area (Å²) in [7, 11) is 0. The van der Waals surface area contributed by atoms with Crippen molar-refractivity contribution in [2.24, 2.45) is 0 Å². The molecule has 0 spiro atoms. The van der Waals surface area contributed by atoms with Crippen molar-refractivity contribution >= 4 is 23.4 Å². The summed E-state index contributed by atoms with van der Waals surface area (Å²) >= 11 is 5.86. The molecular weight excluding hydrogens is 341 g/mol. The maximum Gasteiger partial charge on any atom is 0.273 e. The number of aromatic nitrogens is 3. The average Bonchev–Trinajstić information content (AvgIpc) is 3.09. The van der Waals surface area contributed by atoms with Gasteiger partial charge in [-0.25, -0.2) is 4.39 Å². The van der Waals surface area contributed by atoms with Crippen molar-refractivity contribution in [3.8, 4) is 0 Å². The molecule has 2 aromatic rings. The summed E-state index contributed by atoms with van der Waals surface area (Å²) in [5.74, 6) is -1.62. The Hall–Kier alpha value is -2.52. The van der Waals surface area contributed by atoms with Crippen LogP contribution in [0.15, 0.2) is 24.4 Å². The molecule has 0 unspecified atom stereocenters. The highest BCUT2D eigenvalue weighted by Crippen LogP contribution is 2.19. The van der Waals surface area contributed by atoms with Crippen LogP contribution in [0.2, 0.25) is 5.02 Å². The Morgan fingerprint density at radius 2 is 2.21 bits per heavy atom. The highest BCUT2D eigenvalue weighted by molar-refractivity contribution is 6.31. The van der Waals surface area contributed by atoms with Gasteiger partial charge in [-0.1, -0.05) is 17.7 Å². The summed E-state index contributed by atoms with van der Waals surface area (Å²) in [5.41, 5.74) is 0.149. The Morgan fingerprint density at radius 1 is 1.42 bits per heavy atom. The predicted molar refractivity (Wildman–Crippen MR) is 82.8 cm³/mol. The summed E-state index contributed by atoms with van der Waals surface area (Å²) in [6.07, 6.45) is 0.960. The lowest BCUT2D eigenvalue weighted by molar-refractivity contribution is -0.121. The van der Waals surface area contributed by atoms with E-state index in [0.717, 1.165) is 0 Å². The largest absolute Gasteiger partial charge is 0.394 e. The Morgan fingerprint density at radius 3 is 2.83 bits per heavy atom. The summed E-state index contributed by atoms with van der Waals surface area (Å²) in [6, 6.07) is 3.39. The van der Waals surface area contributed by atoms with Crippen LogP contribution in [0.4, 0.5) is 4.39 Å². The van der Waals surface area contributed by atoms with E-state index in [2.05, 4.69) is 26.0 Å². The van der Waals surface area contributed by atoms with Gasteiger partial charge >= 0.3 is 0 Å². The summed E-state index contributed by atoms with van der Waals surface area (Å²) < 4.78 is 13.7. The maximum atomic E-state index is 13.7. The first-order chi connectivity index (χ1) is 11.5. The number of aliphatic hydroxyl groups is 1. The molecule has 0 aliphatic heterocycles. The monoisotopic (exact) mass is 355 g/mol. The van der Waals surface area contributed by atoms with Gasteiger partial charge in [0.2, 0.25) is 5.91 Å². The van der Waals surface area contributed by atoms with E-state index in [1.807, 2.05) is 0 Å². The van der Waals surface area contributed by atoms with Gasteiger partial charge in [0.05, 0.1) is 25.3 Å². The molecule has 1 heterocycles. The number of rotatable bonds is 7. The lowest BCUT2D eigenvalue weighted by Gasteiger charge is -2.17. The number of benzene rings is 1. The number of aliphatic hydroxyl groups excluding tert-OH is 1. The van der Waals surface area contributed by atoms with Crippen LogP contribution in [-0.4, -0.2) is 51.5 Å². The van der Waals surface area contributed by atoms with Gasteiger partial charge in [0, 0.05) is 17.1 Å². The fourth-order valence-electron chi connectivity index (χ4n) is 1.92. The van der Waals surface area contributed by atoms with Crippen LogP contribution in [0.1, 0.15) is 16.1 Å². The molecule has 0 saturated carbocycles. The number of halogens is 2. The smallest absolute Gasteiger partial charge is 0.273 e. The van der Waals surface area contributed by atoms with Crippen molar-refractivity contribution in [3.05, 3.63) is 46.5 Å². The van der Waals surface area contributed by atoms with E-state index >= 15 is 0 Å². The van der Waals surface area contributed by atoms with Crippen LogP contribution in [0.25, 0.3) is 0 Å². The molecule has 0 radical (unpaired) electrons. The van der Waals surface area contributed by atoms with Gasteiger partial charge < -0.3 is 15.7 Å². The number of nitrogens with one attached hydrogen (secondary N) is 3. The second-order valence-corrected chi connectivity index (χ2v) is 5.30. The molecule has 2 rings (SSSR count). The molecule has 1 aromatic carbocycles. The van der Waals surface area contributed by atoms with Crippen molar-refractivity contribution in [2.45, 2.75) is 12.5 Å². The predicted octanol–water partition coefficient (Wildman–Crippen LogP) is 0.0468. The number of aromatic amines is 1. The van der Waals surface area contributed by atoms with Gasteiger partial charge in [0.25, 0.3) is 5.91 Å². The van der Waals surface area contributed by atoms with E-state index < -0.39 is 30.3 Å². The molecule has 10 heteroatoms. The van der Waals surface area contributed by atoms with Gasteiger partial charge in [-0.2, -0.15) is 15.4 Å². The third kappa shape index (κ3) is 4.74. The lowest BCUT2D eigenvalue weighted by atomic mass is 10.1. The molecule has 4 N–H and O–H groups in total. The van der Waals surface area contributed by atoms with Crippen LogP contribution in [0.3, 0.4) is 0 Å². The zero-order valence-electron chi connectivity index (χ0n) is 12.4. The standard InChI is InChI=1S/C14H15ClFN5O3/c15-10-2-1-3-11(16)9(10)4-13(23)19-8(7-22)5-17-14(24)12-6-18-21-20-12/h1-3,6,8,22H,4-5,7H2,(H,17,24)(H,19,23)(H,18,20,21)/t8-/m1/s1. The van der Waals surface area contributed by atoms with E-state index in [9.17, 15) is 19.1 Å². The van der Waals surface area contributed by atoms with Gasteiger partial charge in [-0.15, -0.1) is 0 Å². The summed E-state index contributed by atoms with van der Waals surface area (Å²) in [6.45, 7) is -0.436. The van der Waals surface area contributed by atoms with E-state index in [0.29, 0.717) is 0 Å². The molecule has 2 amide bonds. The minimum absolute atomic E-state index is 0.0288. The molecule has 1 atom stereocenters. The molecule has 0 bridgehead atoms. The van der Waals surface area contributed by atoms with Crippen molar-refractivity contribution in [1.82, 2.24) is 26.0 Å². The van der Waals surface area contributed by atoms with Gasteiger partial charge in [-0.05, 0) is 12.1 Å². The van der Waals surface area contributed by atoms with Crippen LogP contribution in [0.5, 0.6) is 0 Å². The number of amides is 2. The topological polar surface area (TPSA) is 120 Å². The number of carbonyl (C=O) groups excluding carboxylic acids is 2. The molecule has 128 valence electrons. The first-order valence-corrected chi connectivity index (χ1v) is 7.36. The molecular formula is C14H15ClFN5O3. The quantitative estimate of drug-likeness (QED) is 0.559. The van der Waals surface area contributed by atoms with Crippen molar-refractivity contribution in [2.75, 3.05) is 13.2 Å². The highest BCUT2D eigenvalue weighted by atomic mass is 35.5. The number of H-pyrrole nitrogens is 1. The number of hydrogen-bond donors (Lipinski definition) is 4. The molecule has 0 aliphatic carbocycles. The number of carbonyl (C=O) groups is 2. The molecule has 0 fully saturated rings. The van der Waals surface area contributed by atoms with Gasteiger partial charge in [0.15, 0.2) is 5.69 Å². The summed E-state index contributed by atoms with van der Waals surface area (Å²) in [5, 5.41) is 23.8. The molecule has 0 saturated heterocycles. The minimum atomic E-state index is -0.737. The van der Waals surface area contributed by atoms with Crippen LogP contribution in [-0.2, 0) is 11.2 Å². The Balaban J connectivity index is 1.88. The van der Waals surface area contributed by atoms with Crippen molar-refractivity contribution in [1.29, 1.82) is 0 Å². The first kappa shape index (κ1) is 17.8. The average molecular weight is 356 g/mol. The van der Waals surface area contributed by atoms with Crippen molar-refractivity contribution in [3.63, 3.8) is 0 Å². The third-order valence-corrected chi connectivity index (χ3v) is 3.50. The van der Waals surface area contributed by atoms with Crippen LogP contribution < -0.4 is 10.6 Å². The van der Waals surface area contributed by atoms with E-state index in [1.165, 1.54) is 24.4 Å². The minimum Gasteiger partial charge on any atom is -0.394 e. The van der Waals surface area contributed by atoms with Crippen LogP contribution >= 0.6 is 11.6 Å². The maximum absolute atomic E-state index is 13.7. The zero-order chi connectivity index (χ0) is 17.5. The molecule has 24 heavy (non-hydrogen) atoms. The second kappa shape index (κ2) is 8.37. The fourth-order valence-corrected chi connectivity index (χ4v) is 2.15. The second-order valence-electron chi connectivity index (χ2n) is 4.89. The van der Waals surface area contributed by atoms with Gasteiger partial charge in [-0.3, -0.25) is 9.59 Å².